The zero-order valence-corrected chi connectivity index (χ0v) is 6.42. The summed E-state index contributed by atoms with van der Waals surface area (Å²) in [5.41, 5.74) is 7.46. The second kappa shape index (κ2) is 3.29. The highest BCUT2D eigenvalue weighted by Crippen LogP contribution is 2.06. The topological polar surface area (TPSA) is 61.0 Å². The standard InChI is InChI=1S/C6H11N2O2/c1-6(2,3)10-5(9)4-8-7/h4H2,1-3H3/q-1. The minimum atomic E-state index is -0.519. The van der Waals surface area contributed by atoms with Gasteiger partial charge in [-0.05, 0) is 20.8 Å². The molecule has 0 atom stereocenters. The van der Waals surface area contributed by atoms with Crippen molar-refractivity contribution in [1.29, 1.82) is 0 Å². The van der Waals surface area contributed by atoms with Gasteiger partial charge < -0.3 is 15.4 Å². The Labute approximate surface area is 60.1 Å². The zero-order valence-electron chi connectivity index (χ0n) is 6.42. The van der Waals surface area contributed by atoms with Crippen LogP contribution in [0.1, 0.15) is 20.8 Å². The van der Waals surface area contributed by atoms with Crippen LogP contribution in [-0.4, -0.2) is 18.1 Å². The van der Waals surface area contributed by atoms with Gasteiger partial charge in [0.2, 0.25) is 0 Å². The van der Waals surface area contributed by atoms with Gasteiger partial charge in [-0.15, -0.1) is 0 Å². The first kappa shape index (κ1) is 9.07. The number of hydrogen-bond acceptors (Lipinski definition) is 3. The molecule has 0 radical (unpaired) electrons. The van der Waals surface area contributed by atoms with E-state index < -0.39 is 11.6 Å². The maximum absolute atomic E-state index is 10.6. The van der Waals surface area contributed by atoms with Crippen LogP contribution < -0.4 is 0 Å². The van der Waals surface area contributed by atoms with E-state index in [1.807, 2.05) is 0 Å². The second-order valence-electron chi connectivity index (χ2n) is 2.89. The summed E-state index contributed by atoms with van der Waals surface area (Å²) < 4.78 is 4.79. The van der Waals surface area contributed by atoms with Gasteiger partial charge in [-0.3, -0.25) is 4.79 Å². The fourth-order valence-corrected chi connectivity index (χ4v) is 0.432. The lowest BCUT2D eigenvalue weighted by molar-refractivity contribution is -0.152. The summed E-state index contributed by atoms with van der Waals surface area (Å²) in [6.45, 7) is 4.96. The molecule has 0 saturated carbocycles. The molecule has 4 heteroatoms. The molecule has 0 aromatic rings. The smallest absolute Gasteiger partial charge is 0.326 e. The Bertz CT molecular complexity index is 137. The minimum Gasteiger partial charge on any atom is -0.711 e. The van der Waals surface area contributed by atoms with Gasteiger partial charge in [-0.25, -0.2) is 0 Å². The average Bonchev–Trinajstić information content (AvgIpc) is 1.59. The van der Waals surface area contributed by atoms with Gasteiger partial charge in [0.15, 0.2) is 0 Å². The van der Waals surface area contributed by atoms with Crippen LogP contribution in [0.15, 0.2) is 5.11 Å². The number of hydrogen-bond donors (Lipinski definition) is 0. The van der Waals surface area contributed by atoms with E-state index in [1.165, 1.54) is 0 Å². The molecule has 0 aromatic carbocycles. The lowest BCUT2D eigenvalue weighted by Gasteiger charge is -2.18. The maximum atomic E-state index is 10.6. The first-order chi connectivity index (χ1) is 4.45. The molecule has 10 heavy (non-hydrogen) atoms. The van der Waals surface area contributed by atoms with Crippen molar-refractivity contribution in [1.82, 2.24) is 0 Å². The van der Waals surface area contributed by atoms with E-state index in [9.17, 15) is 4.79 Å². The van der Waals surface area contributed by atoms with Crippen molar-refractivity contribution < 1.29 is 9.53 Å². The highest BCUT2D eigenvalue weighted by atomic mass is 16.6. The molecule has 0 aromatic heterocycles. The molecule has 0 bridgehead atoms. The summed E-state index contributed by atoms with van der Waals surface area (Å²) in [6.07, 6.45) is 0. The molecule has 0 amide bonds. The van der Waals surface area contributed by atoms with Gasteiger partial charge in [0.1, 0.15) is 12.1 Å². The molecule has 0 fully saturated rings. The Morgan fingerprint density at radius 3 is 2.40 bits per heavy atom. The van der Waals surface area contributed by atoms with Crippen LogP contribution in [0.5, 0.6) is 0 Å². The molecular formula is C6H11N2O2-. The molecule has 0 N–H and O–H groups in total. The Hall–Kier alpha value is -0.930. The van der Waals surface area contributed by atoms with E-state index in [-0.39, 0.29) is 6.54 Å². The summed E-state index contributed by atoms with van der Waals surface area (Å²) in [6, 6.07) is 0. The van der Waals surface area contributed by atoms with Crippen molar-refractivity contribution in [3.63, 3.8) is 0 Å². The summed E-state index contributed by atoms with van der Waals surface area (Å²) in [4.78, 5) is 10.6. The van der Waals surface area contributed by atoms with Crippen LogP contribution in [0.3, 0.4) is 0 Å². The fraction of sp³-hybridized carbons (Fsp3) is 0.833. The van der Waals surface area contributed by atoms with Crippen molar-refractivity contribution in [2.24, 2.45) is 5.11 Å². The van der Waals surface area contributed by atoms with Crippen molar-refractivity contribution in [3.8, 4) is 0 Å². The molecule has 0 spiro atoms. The van der Waals surface area contributed by atoms with Gasteiger partial charge in [0.05, 0.1) is 0 Å². The first-order valence-electron chi connectivity index (χ1n) is 2.98. The van der Waals surface area contributed by atoms with Crippen LogP contribution >= 0.6 is 0 Å². The Morgan fingerprint density at radius 2 is 2.10 bits per heavy atom. The van der Waals surface area contributed by atoms with E-state index in [1.54, 1.807) is 20.8 Å². The monoisotopic (exact) mass is 143 g/mol. The van der Waals surface area contributed by atoms with Crippen molar-refractivity contribution in [2.45, 2.75) is 26.4 Å². The van der Waals surface area contributed by atoms with Gasteiger partial charge >= 0.3 is 5.97 Å². The predicted molar refractivity (Wildman–Crippen MR) is 36.5 cm³/mol. The normalized spacial score (nSPS) is 10.7. The molecule has 58 valence electrons. The lowest BCUT2D eigenvalue weighted by atomic mass is 10.2. The zero-order chi connectivity index (χ0) is 8.20. The van der Waals surface area contributed by atoms with E-state index >= 15 is 0 Å². The van der Waals surface area contributed by atoms with E-state index in [4.69, 9.17) is 10.3 Å². The predicted octanol–water partition coefficient (Wildman–Crippen LogP) is 1.35. The van der Waals surface area contributed by atoms with Crippen molar-refractivity contribution in [2.75, 3.05) is 6.54 Å². The highest BCUT2D eigenvalue weighted by Gasteiger charge is 2.14. The Morgan fingerprint density at radius 1 is 1.60 bits per heavy atom. The Balaban J connectivity index is 3.68. The lowest BCUT2D eigenvalue weighted by Crippen LogP contribution is -2.25. The van der Waals surface area contributed by atoms with E-state index in [0.29, 0.717) is 0 Å². The Kier molecular flexibility index (Phi) is 2.99. The molecule has 0 aliphatic rings. The highest BCUT2D eigenvalue weighted by molar-refractivity contribution is 5.72. The number of rotatable bonds is 2. The van der Waals surface area contributed by atoms with Crippen LogP contribution in [0, 0.1) is 0 Å². The molecule has 4 nitrogen and oxygen atoms in total. The molecule has 0 saturated heterocycles. The summed E-state index contributed by atoms with van der Waals surface area (Å²) in [7, 11) is 0. The van der Waals surface area contributed by atoms with Crippen LogP contribution in [0.2, 0.25) is 0 Å². The summed E-state index contributed by atoms with van der Waals surface area (Å²) in [5.74, 6) is -0.519. The van der Waals surface area contributed by atoms with Gasteiger partial charge in [-0.2, -0.15) is 0 Å². The molecule has 0 heterocycles. The third-order valence-electron chi connectivity index (χ3n) is 0.620. The second-order valence-corrected chi connectivity index (χ2v) is 2.89. The molecule has 0 aliphatic carbocycles. The van der Waals surface area contributed by atoms with E-state index in [2.05, 4.69) is 5.11 Å². The number of carbonyl (C=O) groups excluding carboxylic acids is 1. The number of nitrogens with zero attached hydrogens (tertiary/aromatic N) is 2. The fourth-order valence-electron chi connectivity index (χ4n) is 0.432. The van der Waals surface area contributed by atoms with E-state index in [0.717, 1.165) is 0 Å². The first-order valence-corrected chi connectivity index (χ1v) is 2.98. The molecule has 0 aliphatic heterocycles. The number of ether oxygens (including phenoxy) is 1. The van der Waals surface area contributed by atoms with Crippen LogP contribution in [-0.2, 0) is 9.53 Å². The maximum Gasteiger partial charge on any atom is 0.326 e. The quantitative estimate of drug-likeness (QED) is 0.432. The molecular weight excluding hydrogens is 132 g/mol. The summed E-state index contributed by atoms with van der Waals surface area (Å²) in [5, 5.41) is 2.65. The molecule has 0 unspecified atom stereocenters. The third-order valence-corrected chi connectivity index (χ3v) is 0.620. The van der Waals surface area contributed by atoms with Crippen LogP contribution in [0.25, 0.3) is 5.53 Å². The third kappa shape index (κ3) is 5.21. The SMILES string of the molecule is CC(C)(C)OC(=O)CN=[N-]. The average molecular weight is 143 g/mol. The molecule has 0 rings (SSSR count). The van der Waals surface area contributed by atoms with Crippen molar-refractivity contribution >= 4 is 5.97 Å². The minimum absolute atomic E-state index is 0.294. The van der Waals surface area contributed by atoms with Gasteiger partial charge in [-0.1, -0.05) is 0 Å². The van der Waals surface area contributed by atoms with Crippen molar-refractivity contribution in [3.05, 3.63) is 5.53 Å². The van der Waals surface area contributed by atoms with Gasteiger partial charge in [0, 0.05) is 0 Å². The van der Waals surface area contributed by atoms with Gasteiger partial charge in [0.25, 0.3) is 0 Å². The van der Waals surface area contributed by atoms with Crippen LogP contribution in [0.4, 0.5) is 0 Å². The number of esters is 1. The number of carbonyl (C=O) groups is 1. The largest absolute Gasteiger partial charge is 0.711 e. The summed E-state index contributed by atoms with van der Waals surface area (Å²) >= 11 is 0.